The molecule has 0 heterocycles. The summed E-state index contributed by atoms with van der Waals surface area (Å²) in [6.45, 7) is 0. The number of benzene rings is 1. The summed E-state index contributed by atoms with van der Waals surface area (Å²) >= 11 is 0. The Hall–Kier alpha value is -1.31. The van der Waals surface area contributed by atoms with Gasteiger partial charge in [0.05, 0.1) is 5.56 Å². The van der Waals surface area contributed by atoms with Gasteiger partial charge < -0.3 is 5.11 Å². The van der Waals surface area contributed by atoms with E-state index >= 15 is 0 Å². The van der Waals surface area contributed by atoms with Crippen LogP contribution in [0.4, 0.5) is 30.7 Å². The normalized spacial score (nSPS) is 14.8. The molecule has 0 fully saturated rings. The van der Waals surface area contributed by atoms with Crippen LogP contribution in [0.15, 0.2) is 18.2 Å². The van der Waals surface area contributed by atoms with E-state index in [0.717, 1.165) is 0 Å². The minimum atomic E-state index is -5.30. The summed E-state index contributed by atoms with van der Waals surface area (Å²) in [6, 6.07) is 0.538. The number of aliphatic hydroxyl groups is 1. The van der Waals surface area contributed by atoms with E-state index in [4.69, 9.17) is 5.11 Å². The van der Waals surface area contributed by atoms with Crippen molar-refractivity contribution in [3.05, 3.63) is 35.1 Å². The molecule has 0 bridgehead atoms. The molecule has 1 N–H and O–H groups in total. The van der Waals surface area contributed by atoms with Crippen molar-refractivity contribution in [3.63, 3.8) is 0 Å². The molecular weight excluding hydrogens is 257 g/mol. The second-order valence-corrected chi connectivity index (χ2v) is 3.17. The Morgan fingerprint density at radius 3 is 1.94 bits per heavy atom. The topological polar surface area (TPSA) is 20.2 Å². The lowest BCUT2D eigenvalue weighted by molar-refractivity contribution is -0.209. The van der Waals surface area contributed by atoms with Gasteiger partial charge in [0.15, 0.2) is 6.10 Å². The first-order chi connectivity index (χ1) is 7.53. The van der Waals surface area contributed by atoms with Crippen LogP contribution >= 0.6 is 0 Å². The largest absolute Gasteiger partial charge is 0.418 e. The quantitative estimate of drug-likeness (QED) is 0.768. The Labute approximate surface area is 90.5 Å². The standard InChI is InChI=1S/C9H5F7O/c10-4-1-2-6(8(11,12)13)5(3-4)7(17)9(14,15)16/h1-3,7,17H. The summed E-state index contributed by atoms with van der Waals surface area (Å²) in [5, 5.41) is 8.73. The monoisotopic (exact) mass is 262 g/mol. The van der Waals surface area contributed by atoms with E-state index < -0.39 is 35.4 Å². The van der Waals surface area contributed by atoms with E-state index in [0.29, 0.717) is 6.07 Å². The molecule has 0 aromatic heterocycles. The zero-order chi connectivity index (χ0) is 13.4. The van der Waals surface area contributed by atoms with Gasteiger partial charge in [0.2, 0.25) is 0 Å². The van der Waals surface area contributed by atoms with Crippen LogP contribution in [0.25, 0.3) is 0 Å². The molecule has 0 aliphatic rings. The third-order valence-electron chi connectivity index (χ3n) is 1.92. The van der Waals surface area contributed by atoms with Crippen LogP contribution in [0.5, 0.6) is 0 Å². The number of hydrogen-bond donors (Lipinski definition) is 1. The molecule has 0 amide bonds. The van der Waals surface area contributed by atoms with E-state index in [1.807, 2.05) is 0 Å². The Morgan fingerprint density at radius 1 is 1.00 bits per heavy atom. The van der Waals surface area contributed by atoms with Crippen molar-refractivity contribution in [1.29, 1.82) is 0 Å². The van der Waals surface area contributed by atoms with Gasteiger partial charge in [-0.15, -0.1) is 0 Å². The van der Waals surface area contributed by atoms with Crippen LogP contribution < -0.4 is 0 Å². The van der Waals surface area contributed by atoms with Crippen molar-refractivity contribution < 1.29 is 35.8 Å². The maximum Gasteiger partial charge on any atom is 0.418 e. The van der Waals surface area contributed by atoms with Gasteiger partial charge in [-0.25, -0.2) is 4.39 Å². The Kier molecular flexibility index (Phi) is 3.37. The van der Waals surface area contributed by atoms with Crippen LogP contribution in [0.2, 0.25) is 0 Å². The van der Waals surface area contributed by atoms with Gasteiger partial charge in [-0.1, -0.05) is 0 Å². The molecule has 17 heavy (non-hydrogen) atoms. The van der Waals surface area contributed by atoms with Gasteiger partial charge >= 0.3 is 12.4 Å². The fraction of sp³-hybridized carbons (Fsp3) is 0.333. The lowest BCUT2D eigenvalue weighted by Crippen LogP contribution is -2.23. The molecule has 0 saturated carbocycles. The molecule has 0 aliphatic carbocycles. The first kappa shape index (κ1) is 13.8. The summed E-state index contributed by atoms with van der Waals surface area (Å²) in [6.07, 6.45) is -13.8. The van der Waals surface area contributed by atoms with Gasteiger partial charge in [0.25, 0.3) is 0 Å². The smallest absolute Gasteiger partial charge is 0.379 e. The second-order valence-electron chi connectivity index (χ2n) is 3.17. The average Bonchev–Trinajstić information content (AvgIpc) is 2.13. The lowest BCUT2D eigenvalue weighted by atomic mass is 10.0. The minimum Gasteiger partial charge on any atom is -0.379 e. The maximum absolute atomic E-state index is 12.6. The molecule has 96 valence electrons. The van der Waals surface area contributed by atoms with Gasteiger partial charge in [0.1, 0.15) is 5.82 Å². The Bertz CT molecular complexity index is 407. The molecule has 0 aliphatic heterocycles. The van der Waals surface area contributed by atoms with E-state index in [9.17, 15) is 30.7 Å². The number of alkyl halides is 6. The number of aliphatic hydroxyl groups excluding tert-OH is 1. The highest BCUT2D eigenvalue weighted by molar-refractivity contribution is 5.33. The summed E-state index contributed by atoms with van der Waals surface area (Å²) in [4.78, 5) is 0. The van der Waals surface area contributed by atoms with Gasteiger partial charge in [-0.2, -0.15) is 26.3 Å². The highest BCUT2D eigenvalue weighted by atomic mass is 19.4. The third-order valence-corrected chi connectivity index (χ3v) is 1.92. The molecule has 0 saturated heterocycles. The molecule has 0 spiro atoms. The van der Waals surface area contributed by atoms with E-state index in [1.165, 1.54) is 0 Å². The van der Waals surface area contributed by atoms with E-state index in [1.54, 1.807) is 0 Å². The Morgan fingerprint density at radius 2 is 1.53 bits per heavy atom. The Balaban J connectivity index is 3.35. The highest BCUT2D eigenvalue weighted by Crippen LogP contribution is 2.40. The van der Waals surface area contributed by atoms with Crippen molar-refractivity contribution in [1.82, 2.24) is 0 Å². The minimum absolute atomic E-state index is 0.0149. The lowest BCUT2D eigenvalue weighted by Gasteiger charge is -2.19. The molecule has 1 atom stereocenters. The summed E-state index contributed by atoms with van der Waals surface area (Å²) in [7, 11) is 0. The molecule has 1 unspecified atom stereocenters. The third kappa shape index (κ3) is 3.09. The molecule has 1 rings (SSSR count). The summed E-state index contributed by atoms with van der Waals surface area (Å²) < 4.78 is 85.9. The van der Waals surface area contributed by atoms with Crippen LogP contribution in [-0.4, -0.2) is 11.3 Å². The van der Waals surface area contributed by atoms with Crippen LogP contribution in [0.3, 0.4) is 0 Å². The van der Waals surface area contributed by atoms with E-state index in [2.05, 4.69) is 0 Å². The van der Waals surface area contributed by atoms with E-state index in [-0.39, 0.29) is 12.1 Å². The van der Waals surface area contributed by atoms with Crippen LogP contribution in [0.1, 0.15) is 17.2 Å². The number of rotatable bonds is 1. The van der Waals surface area contributed by atoms with Crippen molar-refractivity contribution in [2.24, 2.45) is 0 Å². The molecular formula is C9H5F7O. The van der Waals surface area contributed by atoms with Gasteiger partial charge in [-0.05, 0) is 18.2 Å². The predicted molar refractivity (Wildman–Crippen MR) is 42.4 cm³/mol. The molecule has 0 radical (unpaired) electrons. The second kappa shape index (κ2) is 4.17. The molecule has 8 heteroatoms. The fourth-order valence-electron chi connectivity index (χ4n) is 1.19. The van der Waals surface area contributed by atoms with Crippen molar-refractivity contribution in [2.45, 2.75) is 18.5 Å². The first-order valence-electron chi connectivity index (χ1n) is 4.15. The van der Waals surface area contributed by atoms with Gasteiger partial charge in [0, 0.05) is 5.56 Å². The summed E-state index contributed by atoms with van der Waals surface area (Å²) in [5.41, 5.74) is -3.27. The molecule has 1 aromatic rings. The zero-order valence-corrected chi connectivity index (χ0v) is 7.90. The zero-order valence-electron chi connectivity index (χ0n) is 7.90. The maximum atomic E-state index is 12.6. The SMILES string of the molecule is OC(c1cc(F)ccc1C(F)(F)F)C(F)(F)F. The van der Waals surface area contributed by atoms with Gasteiger partial charge in [-0.3, -0.25) is 0 Å². The fourth-order valence-corrected chi connectivity index (χ4v) is 1.19. The predicted octanol–water partition coefficient (Wildman–Crippen LogP) is 3.44. The number of hydrogen-bond acceptors (Lipinski definition) is 1. The number of halogens is 7. The highest BCUT2D eigenvalue weighted by Gasteiger charge is 2.44. The first-order valence-corrected chi connectivity index (χ1v) is 4.15. The molecule has 1 nitrogen and oxygen atoms in total. The molecule has 1 aromatic carbocycles. The van der Waals surface area contributed by atoms with Crippen LogP contribution in [0, 0.1) is 5.82 Å². The van der Waals surface area contributed by atoms with Crippen molar-refractivity contribution >= 4 is 0 Å². The van der Waals surface area contributed by atoms with Crippen LogP contribution in [-0.2, 0) is 6.18 Å². The van der Waals surface area contributed by atoms with Crippen molar-refractivity contribution in [2.75, 3.05) is 0 Å². The average molecular weight is 262 g/mol. The van der Waals surface area contributed by atoms with Crippen molar-refractivity contribution in [3.8, 4) is 0 Å². The summed E-state index contributed by atoms with van der Waals surface area (Å²) in [5.74, 6) is -1.30.